The maximum Gasteiger partial charge on any atom is 0.417 e. The Kier molecular flexibility index (Phi) is 4.25. The predicted molar refractivity (Wildman–Crippen MR) is 68.0 cm³/mol. The average Bonchev–Trinajstić information content (AvgIpc) is 2.77. The lowest BCUT2D eigenvalue weighted by atomic mass is 10.0. The van der Waals surface area contributed by atoms with Crippen molar-refractivity contribution in [1.82, 2.24) is 4.90 Å². The van der Waals surface area contributed by atoms with Crippen molar-refractivity contribution >= 4 is 23.1 Å². The molecular formula is C11H14F3NOS2. The molecule has 0 radical (unpaired) electrons. The molecular weight excluding hydrogens is 283 g/mol. The first-order valence-electron chi connectivity index (χ1n) is 5.50. The number of aliphatic hydroxyl groups excluding tert-OH is 1. The van der Waals surface area contributed by atoms with E-state index in [0.29, 0.717) is 5.75 Å². The molecule has 1 aromatic rings. The van der Waals surface area contributed by atoms with Crippen molar-refractivity contribution in [1.29, 1.82) is 0 Å². The highest BCUT2D eigenvalue weighted by Crippen LogP contribution is 2.39. The lowest BCUT2D eigenvalue weighted by Gasteiger charge is -2.35. The molecule has 102 valence electrons. The molecule has 0 aromatic carbocycles. The number of alkyl halides is 3. The molecule has 0 bridgehead atoms. The normalized spacial score (nSPS) is 24.2. The molecule has 0 spiro atoms. The van der Waals surface area contributed by atoms with Crippen LogP contribution in [0.3, 0.4) is 0 Å². The van der Waals surface area contributed by atoms with E-state index in [1.807, 2.05) is 11.9 Å². The third kappa shape index (κ3) is 2.84. The number of hydrogen-bond donors (Lipinski definition) is 1. The Bertz CT molecular complexity index is 407. The van der Waals surface area contributed by atoms with E-state index in [1.165, 1.54) is 5.38 Å². The standard InChI is InChI=1S/C11H14F3NOS2/c1-15-2-3-17-6-9(15)10(16)7-4-18-5-8(7)11(12,13)14/h4-5,9-10,16H,2-3,6H2,1H3. The zero-order chi connectivity index (χ0) is 13.3. The largest absolute Gasteiger partial charge is 0.417 e. The topological polar surface area (TPSA) is 23.5 Å². The lowest BCUT2D eigenvalue weighted by Crippen LogP contribution is -2.43. The third-order valence-corrected chi connectivity index (χ3v) is 4.93. The third-order valence-electron chi connectivity index (χ3n) is 3.12. The molecule has 1 fully saturated rings. The average molecular weight is 297 g/mol. The summed E-state index contributed by atoms with van der Waals surface area (Å²) in [6, 6.07) is -0.251. The molecule has 7 heteroatoms. The van der Waals surface area contributed by atoms with Crippen molar-refractivity contribution in [2.45, 2.75) is 18.3 Å². The van der Waals surface area contributed by atoms with Gasteiger partial charge < -0.3 is 5.11 Å². The summed E-state index contributed by atoms with van der Waals surface area (Å²) < 4.78 is 38.3. The van der Waals surface area contributed by atoms with E-state index in [9.17, 15) is 18.3 Å². The molecule has 1 aliphatic rings. The van der Waals surface area contributed by atoms with Gasteiger partial charge in [-0.25, -0.2) is 0 Å². The minimum atomic E-state index is -4.39. The molecule has 2 nitrogen and oxygen atoms in total. The van der Waals surface area contributed by atoms with E-state index < -0.39 is 17.8 Å². The van der Waals surface area contributed by atoms with Crippen LogP contribution in [0.15, 0.2) is 10.8 Å². The van der Waals surface area contributed by atoms with E-state index in [0.717, 1.165) is 29.0 Å². The van der Waals surface area contributed by atoms with Gasteiger partial charge in [0.05, 0.1) is 11.7 Å². The maximum atomic E-state index is 12.8. The van der Waals surface area contributed by atoms with Crippen molar-refractivity contribution in [2.24, 2.45) is 0 Å². The number of thiophene rings is 1. The van der Waals surface area contributed by atoms with Gasteiger partial charge in [-0.15, -0.1) is 0 Å². The maximum absolute atomic E-state index is 12.8. The van der Waals surface area contributed by atoms with E-state index in [4.69, 9.17) is 0 Å². The second-order valence-electron chi connectivity index (χ2n) is 4.31. The van der Waals surface area contributed by atoms with Gasteiger partial charge in [-0.2, -0.15) is 36.3 Å². The minimum Gasteiger partial charge on any atom is -0.387 e. The van der Waals surface area contributed by atoms with Crippen LogP contribution < -0.4 is 0 Å². The van der Waals surface area contributed by atoms with Crippen molar-refractivity contribution in [3.63, 3.8) is 0 Å². The second kappa shape index (κ2) is 5.40. The fourth-order valence-electron chi connectivity index (χ4n) is 2.01. The summed E-state index contributed by atoms with van der Waals surface area (Å²) in [6.45, 7) is 0.790. The van der Waals surface area contributed by atoms with E-state index in [1.54, 1.807) is 11.8 Å². The molecule has 2 heterocycles. The van der Waals surface area contributed by atoms with Crippen LogP contribution in [-0.2, 0) is 6.18 Å². The highest BCUT2D eigenvalue weighted by atomic mass is 32.2. The highest BCUT2D eigenvalue weighted by molar-refractivity contribution is 7.99. The first kappa shape index (κ1) is 14.2. The van der Waals surface area contributed by atoms with Crippen molar-refractivity contribution in [3.8, 4) is 0 Å². The molecule has 2 unspecified atom stereocenters. The molecule has 0 amide bonds. The Morgan fingerprint density at radius 2 is 2.17 bits per heavy atom. The molecule has 0 aliphatic carbocycles. The number of thioether (sulfide) groups is 1. The van der Waals surface area contributed by atoms with Crippen LogP contribution in [0.1, 0.15) is 17.2 Å². The monoisotopic (exact) mass is 297 g/mol. The summed E-state index contributed by atoms with van der Waals surface area (Å²) in [7, 11) is 1.84. The Morgan fingerprint density at radius 3 is 2.78 bits per heavy atom. The first-order chi connectivity index (χ1) is 8.41. The summed E-state index contributed by atoms with van der Waals surface area (Å²) >= 11 is 2.65. The van der Waals surface area contributed by atoms with Crippen LogP contribution in [0.5, 0.6) is 0 Å². The van der Waals surface area contributed by atoms with Crippen LogP contribution in [-0.4, -0.2) is 41.1 Å². The smallest absolute Gasteiger partial charge is 0.387 e. The van der Waals surface area contributed by atoms with Crippen molar-refractivity contribution < 1.29 is 18.3 Å². The summed E-state index contributed by atoms with van der Waals surface area (Å²) in [5.41, 5.74) is -0.698. The van der Waals surface area contributed by atoms with E-state index >= 15 is 0 Å². The Labute approximate surface area is 112 Å². The van der Waals surface area contributed by atoms with Crippen molar-refractivity contribution in [3.05, 3.63) is 21.9 Å². The first-order valence-corrected chi connectivity index (χ1v) is 7.60. The van der Waals surface area contributed by atoms with Gasteiger partial charge in [-0.05, 0) is 12.4 Å². The molecule has 1 N–H and O–H groups in total. The molecule has 1 saturated heterocycles. The summed E-state index contributed by atoms with van der Waals surface area (Å²) in [6.07, 6.45) is -5.47. The van der Waals surface area contributed by atoms with E-state index in [2.05, 4.69) is 0 Å². The summed E-state index contributed by atoms with van der Waals surface area (Å²) in [5, 5.41) is 12.7. The fourth-order valence-corrected chi connectivity index (χ4v) is 4.16. The van der Waals surface area contributed by atoms with E-state index in [-0.39, 0.29) is 11.6 Å². The van der Waals surface area contributed by atoms with Gasteiger partial charge in [0, 0.05) is 35.0 Å². The highest BCUT2D eigenvalue weighted by Gasteiger charge is 2.38. The zero-order valence-corrected chi connectivity index (χ0v) is 11.4. The van der Waals surface area contributed by atoms with Crippen LogP contribution in [0.2, 0.25) is 0 Å². The van der Waals surface area contributed by atoms with Gasteiger partial charge in [0.15, 0.2) is 0 Å². The van der Waals surface area contributed by atoms with Crippen LogP contribution in [0.4, 0.5) is 13.2 Å². The second-order valence-corrected chi connectivity index (χ2v) is 6.20. The Morgan fingerprint density at radius 1 is 1.44 bits per heavy atom. The van der Waals surface area contributed by atoms with Gasteiger partial charge in [0.1, 0.15) is 0 Å². The van der Waals surface area contributed by atoms with Crippen LogP contribution in [0.25, 0.3) is 0 Å². The van der Waals surface area contributed by atoms with Gasteiger partial charge in [0.2, 0.25) is 0 Å². The quantitative estimate of drug-likeness (QED) is 0.908. The minimum absolute atomic E-state index is 0.00634. The molecule has 1 aliphatic heterocycles. The summed E-state index contributed by atoms with van der Waals surface area (Å²) in [5.74, 6) is 1.61. The summed E-state index contributed by atoms with van der Waals surface area (Å²) in [4.78, 5) is 1.93. The molecule has 0 saturated carbocycles. The van der Waals surface area contributed by atoms with Crippen LogP contribution in [0, 0.1) is 0 Å². The lowest BCUT2D eigenvalue weighted by molar-refractivity contribution is -0.139. The number of aliphatic hydroxyl groups is 1. The molecule has 2 atom stereocenters. The Hall–Kier alpha value is -0.240. The predicted octanol–water partition coefficient (Wildman–Crippen LogP) is 2.85. The molecule has 18 heavy (non-hydrogen) atoms. The molecule has 1 aromatic heterocycles. The Balaban J connectivity index is 2.23. The zero-order valence-electron chi connectivity index (χ0n) is 9.78. The van der Waals surface area contributed by atoms with Crippen LogP contribution >= 0.6 is 23.1 Å². The number of likely N-dealkylation sites (N-methyl/N-ethyl adjacent to an activating group) is 1. The number of halogens is 3. The van der Waals surface area contributed by atoms with Crippen molar-refractivity contribution in [2.75, 3.05) is 25.1 Å². The number of rotatable bonds is 2. The fraction of sp³-hybridized carbons (Fsp3) is 0.636. The van der Waals surface area contributed by atoms with Gasteiger partial charge in [0.25, 0.3) is 0 Å². The SMILES string of the molecule is CN1CCSCC1C(O)c1cscc1C(F)(F)F. The molecule has 2 rings (SSSR count). The van der Waals surface area contributed by atoms with Gasteiger partial charge >= 0.3 is 6.18 Å². The van der Waals surface area contributed by atoms with Gasteiger partial charge in [-0.3, -0.25) is 4.90 Å². The number of nitrogens with zero attached hydrogens (tertiary/aromatic N) is 1. The number of hydrogen-bond acceptors (Lipinski definition) is 4. The van der Waals surface area contributed by atoms with Gasteiger partial charge in [-0.1, -0.05) is 0 Å².